The highest BCUT2D eigenvalue weighted by atomic mass is 16.3. The number of pyridine rings is 1. The van der Waals surface area contributed by atoms with Crippen molar-refractivity contribution in [1.29, 1.82) is 0 Å². The van der Waals surface area contributed by atoms with Crippen molar-refractivity contribution >= 4 is 5.91 Å². The zero-order chi connectivity index (χ0) is 16.2. The summed E-state index contributed by atoms with van der Waals surface area (Å²) < 4.78 is 1.71. The first-order valence-electron chi connectivity index (χ1n) is 8.15. The van der Waals surface area contributed by atoms with E-state index in [-0.39, 0.29) is 17.9 Å². The van der Waals surface area contributed by atoms with Crippen LogP contribution in [0.3, 0.4) is 0 Å². The predicted octanol–water partition coefficient (Wildman–Crippen LogP) is 1.72. The molecule has 0 radical (unpaired) electrons. The molecule has 1 amide bonds. The molecule has 2 aromatic heterocycles. The molecule has 0 bridgehead atoms. The van der Waals surface area contributed by atoms with Crippen LogP contribution in [0.4, 0.5) is 0 Å². The number of rotatable bonds is 5. The minimum Gasteiger partial charge on any atom is -0.393 e. The second kappa shape index (κ2) is 6.91. The number of hydrogen-bond acceptors (Lipinski definition) is 4. The molecule has 23 heavy (non-hydrogen) atoms. The Bertz CT molecular complexity index is 668. The maximum Gasteiger partial charge on any atom is 0.254 e. The molecule has 1 aliphatic carbocycles. The number of aliphatic hydroxyl groups excluding tert-OH is 1. The van der Waals surface area contributed by atoms with Crippen LogP contribution in [0.5, 0.6) is 0 Å². The van der Waals surface area contributed by atoms with Crippen LogP contribution in [0, 0.1) is 5.92 Å². The number of nitrogens with zero attached hydrogens (tertiary/aromatic N) is 3. The van der Waals surface area contributed by atoms with Gasteiger partial charge in [-0.1, -0.05) is 19.4 Å². The molecule has 2 aromatic rings. The molecule has 3 rings (SSSR count). The van der Waals surface area contributed by atoms with Gasteiger partial charge in [0, 0.05) is 18.7 Å². The van der Waals surface area contributed by atoms with Gasteiger partial charge >= 0.3 is 0 Å². The Morgan fingerprint density at radius 3 is 2.96 bits per heavy atom. The van der Waals surface area contributed by atoms with E-state index in [4.69, 9.17) is 0 Å². The van der Waals surface area contributed by atoms with Crippen molar-refractivity contribution in [3.63, 3.8) is 0 Å². The molecule has 1 fully saturated rings. The van der Waals surface area contributed by atoms with Crippen LogP contribution >= 0.6 is 0 Å². The van der Waals surface area contributed by atoms with Crippen LogP contribution in [-0.2, 0) is 6.42 Å². The van der Waals surface area contributed by atoms with Crippen molar-refractivity contribution in [2.24, 2.45) is 5.92 Å². The van der Waals surface area contributed by atoms with Gasteiger partial charge in [0.2, 0.25) is 0 Å². The van der Waals surface area contributed by atoms with E-state index in [0.29, 0.717) is 24.3 Å². The lowest BCUT2D eigenvalue weighted by molar-refractivity contribution is 0.0916. The van der Waals surface area contributed by atoms with E-state index in [0.717, 1.165) is 25.0 Å². The number of aromatic nitrogens is 3. The summed E-state index contributed by atoms with van der Waals surface area (Å²) in [6, 6.07) is 5.60. The van der Waals surface area contributed by atoms with Crippen LogP contribution in [-0.4, -0.2) is 38.4 Å². The molecule has 2 atom stereocenters. The first kappa shape index (κ1) is 15.7. The average Bonchev–Trinajstić information content (AvgIpc) is 3.19. The van der Waals surface area contributed by atoms with Gasteiger partial charge in [-0.25, -0.2) is 9.67 Å². The molecule has 2 N–H and O–H groups in total. The van der Waals surface area contributed by atoms with Crippen molar-refractivity contribution in [3.8, 4) is 5.82 Å². The van der Waals surface area contributed by atoms with Crippen molar-refractivity contribution in [2.45, 2.75) is 38.7 Å². The van der Waals surface area contributed by atoms with Gasteiger partial charge in [-0.2, -0.15) is 5.10 Å². The van der Waals surface area contributed by atoms with E-state index in [1.54, 1.807) is 17.1 Å². The third-order valence-electron chi connectivity index (χ3n) is 4.46. The summed E-state index contributed by atoms with van der Waals surface area (Å²) in [5.74, 6) is 0.729. The van der Waals surface area contributed by atoms with Crippen LogP contribution in [0.2, 0.25) is 0 Å². The Kier molecular flexibility index (Phi) is 4.71. The summed E-state index contributed by atoms with van der Waals surface area (Å²) in [7, 11) is 0. The van der Waals surface area contributed by atoms with Crippen molar-refractivity contribution in [2.75, 3.05) is 6.54 Å². The summed E-state index contributed by atoms with van der Waals surface area (Å²) in [6.45, 7) is 2.51. The summed E-state index contributed by atoms with van der Waals surface area (Å²) in [6.07, 6.45) is 6.52. The van der Waals surface area contributed by atoms with Crippen LogP contribution in [0.25, 0.3) is 5.82 Å². The fourth-order valence-corrected chi connectivity index (χ4v) is 3.15. The quantitative estimate of drug-likeness (QED) is 0.880. The molecule has 0 aliphatic heterocycles. The van der Waals surface area contributed by atoms with Crippen LogP contribution in [0.1, 0.15) is 42.2 Å². The van der Waals surface area contributed by atoms with Gasteiger partial charge in [-0.05, 0) is 31.4 Å². The second-order valence-corrected chi connectivity index (χ2v) is 5.93. The van der Waals surface area contributed by atoms with Gasteiger partial charge in [-0.15, -0.1) is 0 Å². The van der Waals surface area contributed by atoms with Crippen molar-refractivity contribution < 1.29 is 9.90 Å². The van der Waals surface area contributed by atoms with E-state index in [9.17, 15) is 9.90 Å². The number of carbonyl (C=O) groups is 1. The maximum absolute atomic E-state index is 12.5. The molecule has 0 saturated heterocycles. The first-order valence-corrected chi connectivity index (χ1v) is 8.15. The molecule has 0 spiro atoms. The average molecular weight is 314 g/mol. The highest BCUT2D eigenvalue weighted by molar-refractivity contribution is 5.95. The lowest BCUT2D eigenvalue weighted by Crippen LogP contribution is -2.32. The minimum absolute atomic E-state index is 0.136. The standard InChI is InChI=1S/C17H22N4O2/c1-2-14-13(11-20-21(14)16-8-3-4-9-18-16)17(23)19-10-12-6-5-7-15(12)22/h3-4,8-9,11-12,15,22H,2,5-7,10H2,1H3,(H,19,23). The van der Waals surface area contributed by atoms with Gasteiger partial charge in [0.1, 0.15) is 0 Å². The highest BCUT2D eigenvalue weighted by Crippen LogP contribution is 2.24. The highest BCUT2D eigenvalue weighted by Gasteiger charge is 2.26. The van der Waals surface area contributed by atoms with Gasteiger partial charge in [-0.3, -0.25) is 4.79 Å². The molecule has 1 saturated carbocycles. The van der Waals surface area contributed by atoms with E-state index >= 15 is 0 Å². The van der Waals surface area contributed by atoms with E-state index in [1.807, 2.05) is 25.1 Å². The van der Waals surface area contributed by atoms with Gasteiger partial charge in [0.05, 0.1) is 23.6 Å². The normalized spacial score (nSPS) is 20.6. The van der Waals surface area contributed by atoms with Crippen molar-refractivity contribution in [3.05, 3.63) is 41.9 Å². The molecule has 2 unspecified atom stereocenters. The lowest BCUT2D eigenvalue weighted by Gasteiger charge is -2.15. The third kappa shape index (κ3) is 3.27. The number of nitrogens with one attached hydrogen (secondary N) is 1. The molecule has 2 heterocycles. The second-order valence-electron chi connectivity index (χ2n) is 5.93. The number of aliphatic hydroxyl groups is 1. The Morgan fingerprint density at radius 1 is 1.43 bits per heavy atom. The number of carbonyl (C=O) groups excluding carboxylic acids is 1. The number of hydrogen-bond donors (Lipinski definition) is 2. The molecule has 0 aromatic carbocycles. The Balaban J connectivity index is 1.75. The number of amides is 1. The molecule has 122 valence electrons. The Hall–Kier alpha value is -2.21. The minimum atomic E-state index is -0.294. The van der Waals surface area contributed by atoms with Crippen molar-refractivity contribution in [1.82, 2.24) is 20.1 Å². The summed E-state index contributed by atoms with van der Waals surface area (Å²) in [5.41, 5.74) is 1.42. The Morgan fingerprint density at radius 2 is 2.30 bits per heavy atom. The third-order valence-corrected chi connectivity index (χ3v) is 4.46. The van der Waals surface area contributed by atoms with E-state index < -0.39 is 0 Å². The fourth-order valence-electron chi connectivity index (χ4n) is 3.15. The molecule has 6 heteroatoms. The zero-order valence-electron chi connectivity index (χ0n) is 13.3. The van der Waals surface area contributed by atoms with Gasteiger partial charge in [0.15, 0.2) is 5.82 Å². The monoisotopic (exact) mass is 314 g/mol. The summed E-state index contributed by atoms with van der Waals surface area (Å²) in [4.78, 5) is 16.8. The Labute approximate surface area is 135 Å². The van der Waals surface area contributed by atoms with E-state index in [2.05, 4.69) is 15.4 Å². The zero-order valence-corrected chi connectivity index (χ0v) is 13.3. The van der Waals surface area contributed by atoms with E-state index in [1.165, 1.54) is 0 Å². The SMILES string of the molecule is CCc1c(C(=O)NCC2CCCC2O)cnn1-c1ccccn1. The first-order chi connectivity index (χ1) is 11.2. The molecule has 1 aliphatic rings. The summed E-state index contributed by atoms with van der Waals surface area (Å²) >= 11 is 0. The largest absolute Gasteiger partial charge is 0.393 e. The fraction of sp³-hybridized carbons (Fsp3) is 0.471. The van der Waals surface area contributed by atoms with Crippen LogP contribution in [0.15, 0.2) is 30.6 Å². The molecular formula is C17H22N4O2. The molecular weight excluding hydrogens is 292 g/mol. The smallest absolute Gasteiger partial charge is 0.254 e. The molecule has 6 nitrogen and oxygen atoms in total. The topological polar surface area (TPSA) is 80.0 Å². The maximum atomic E-state index is 12.5. The summed E-state index contributed by atoms with van der Waals surface area (Å²) in [5, 5.41) is 17.1. The van der Waals surface area contributed by atoms with Gasteiger partial charge < -0.3 is 10.4 Å². The predicted molar refractivity (Wildman–Crippen MR) is 86.4 cm³/mol. The lowest BCUT2D eigenvalue weighted by atomic mass is 10.1. The van der Waals surface area contributed by atoms with Crippen LogP contribution < -0.4 is 5.32 Å². The van der Waals surface area contributed by atoms with Gasteiger partial charge in [0.25, 0.3) is 5.91 Å².